The summed E-state index contributed by atoms with van der Waals surface area (Å²) in [5.41, 5.74) is 0.138. The zero-order valence-electron chi connectivity index (χ0n) is 12.2. The number of halogens is 2. The van der Waals surface area contributed by atoms with Crippen LogP contribution in [0.25, 0.3) is 0 Å². The Bertz CT molecular complexity index is 622. The van der Waals surface area contributed by atoms with E-state index < -0.39 is 11.9 Å². The molecule has 0 aliphatic heterocycles. The average Bonchev–Trinajstić information content (AvgIpc) is 2.81. The molecule has 0 saturated carbocycles. The van der Waals surface area contributed by atoms with Crippen molar-refractivity contribution in [2.75, 3.05) is 0 Å². The number of rotatable bonds is 4. The lowest BCUT2D eigenvalue weighted by molar-refractivity contribution is 0.0565. The Hall–Kier alpha value is -1.46. The van der Waals surface area contributed by atoms with Gasteiger partial charge in [0, 0.05) is 6.42 Å². The van der Waals surface area contributed by atoms with Gasteiger partial charge in [-0.25, -0.2) is 4.39 Å². The number of nitrogens with zero attached hydrogens (tertiary/aromatic N) is 2. The zero-order valence-corrected chi connectivity index (χ0v) is 13.0. The van der Waals surface area contributed by atoms with Gasteiger partial charge in [-0.3, -0.25) is 0 Å². The smallest absolute Gasteiger partial charge is 0.229 e. The molecule has 2 rings (SSSR count). The van der Waals surface area contributed by atoms with Gasteiger partial charge in [-0.2, -0.15) is 4.98 Å². The number of aromatic nitrogens is 2. The molecule has 2 aromatic rings. The Morgan fingerprint density at radius 1 is 1.38 bits per heavy atom. The van der Waals surface area contributed by atoms with E-state index in [1.165, 1.54) is 6.07 Å². The lowest BCUT2D eigenvalue weighted by Gasteiger charge is -2.24. The van der Waals surface area contributed by atoms with Crippen molar-refractivity contribution in [3.8, 4) is 0 Å². The molecule has 0 saturated heterocycles. The number of benzene rings is 1. The topological polar surface area (TPSA) is 59.2 Å². The van der Waals surface area contributed by atoms with Gasteiger partial charge < -0.3 is 9.63 Å². The normalized spacial score (nSPS) is 13.4. The molecule has 1 heterocycles. The standard InChI is InChI=1S/C15H18ClFN2O2/c1-15(2,3)11(20)8-13-18-12(19-21-13)7-9-5-4-6-10(16)14(9)17/h4-6,11,20H,7-8H2,1-3H3. The van der Waals surface area contributed by atoms with E-state index in [4.69, 9.17) is 16.1 Å². The summed E-state index contributed by atoms with van der Waals surface area (Å²) in [6.07, 6.45) is -0.121. The molecule has 21 heavy (non-hydrogen) atoms. The quantitative estimate of drug-likeness (QED) is 0.940. The predicted octanol–water partition coefficient (Wildman–Crippen LogP) is 3.40. The predicted molar refractivity (Wildman–Crippen MR) is 77.7 cm³/mol. The number of aliphatic hydroxyl groups is 1. The molecule has 4 nitrogen and oxygen atoms in total. The summed E-state index contributed by atoms with van der Waals surface area (Å²) in [4.78, 5) is 4.18. The fourth-order valence-corrected chi connectivity index (χ4v) is 1.97. The molecule has 1 atom stereocenters. The molecule has 1 unspecified atom stereocenters. The summed E-state index contributed by atoms with van der Waals surface area (Å²) >= 11 is 5.73. The minimum atomic E-state index is -0.589. The van der Waals surface area contributed by atoms with E-state index in [0.29, 0.717) is 17.3 Å². The molecule has 0 aliphatic rings. The number of hydrogen-bond acceptors (Lipinski definition) is 4. The van der Waals surface area contributed by atoms with E-state index in [0.717, 1.165) is 0 Å². The molecule has 0 fully saturated rings. The zero-order chi connectivity index (χ0) is 15.6. The van der Waals surface area contributed by atoms with Crippen LogP contribution >= 0.6 is 11.6 Å². The van der Waals surface area contributed by atoms with Crippen LogP contribution in [0.2, 0.25) is 5.02 Å². The second-order valence-corrected chi connectivity index (χ2v) is 6.49. The van der Waals surface area contributed by atoms with E-state index in [-0.39, 0.29) is 23.3 Å². The minimum Gasteiger partial charge on any atom is -0.392 e. The van der Waals surface area contributed by atoms with Crippen LogP contribution in [0.3, 0.4) is 0 Å². The highest BCUT2D eigenvalue weighted by Gasteiger charge is 2.24. The van der Waals surface area contributed by atoms with Crippen molar-refractivity contribution in [3.63, 3.8) is 0 Å². The fraction of sp³-hybridized carbons (Fsp3) is 0.467. The van der Waals surface area contributed by atoms with Crippen molar-refractivity contribution in [2.24, 2.45) is 5.41 Å². The Labute approximate surface area is 127 Å². The molecule has 1 N–H and O–H groups in total. The van der Waals surface area contributed by atoms with E-state index in [1.54, 1.807) is 12.1 Å². The molecule has 0 bridgehead atoms. The molecular weight excluding hydrogens is 295 g/mol. The van der Waals surface area contributed by atoms with E-state index in [9.17, 15) is 9.50 Å². The van der Waals surface area contributed by atoms with Crippen LogP contribution < -0.4 is 0 Å². The first-order valence-corrected chi connectivity index (χ1v) is 7.07. The van der Waals surface area contributed by atoms with Gasteiger partial charge in [-0.15, -0.1) is 0 Å². The molecule has 0 aliphatic carbocycles. The van der Waals surface area contributed by atoms with Crippen LogP contribution in [0.5, 0.6) is 0 Å². The van der Waals surface area contributed by atoms with Crippen molar-refractivity contribution < 1.29 is 14.0 Å². The highest BCUT2D eigenvalue weighted by Crippen LogP contribution is 2.23. The van der Waals surface area contributed by atoms with Crippen LogP contribution in [-0.2, 0) is 12.8 Å². The molecule has 1 aromatic heterocycles. The molecule has 114 valence electrons. The fourth-order valence-electron chi connectivity index (χ4n) is 1.77. The lowest BCUT2D eigenvalue weighted by Crippen LogP contribution is -2.28. The van der Waals surface area contributed by atoms with Gasteiger partial charge in [0.25, 0.3) is 0 Å². The molecule has 0 spiro atoms. The lowest BCUT2D eigenvalue weighted by atomic mass is 9.87. The third kappa shape index (κ3) is 4.02. The first-order chi connectivity index (χ1) is 9.77. The monoisotopic (exact) mass is 312 g/mol. The van der Waals surface area contributed by atoms with Crippen molar-refractivity contribution in [3.05, 3.63) is 46.3 Å². The van der Waals surface area contributed by atoms with Crippen LogP contribution in [0.15, 0.2) is 22.7 Å². The number of hydrogen-bond donors (Lipinski definition) is 1. The Balaban J connectivity index is 2.08. The summed E-state index contributed by atoms with van der Waals surface area (Å²) in [5, 5.41) is 13.9. The summed E-state index contributed by atoms with van der Waals surface area (Å²) in [6.45, 7) is 5.78. The maximum absolute atomic E-state index is 13.8. The Kier molecular flexibility index (Phi) is 4.64. The number of aliphatic hydroxyl groups excluding tert-OH is 1. The first kappa shape index (κ1) is 15.9. The first-order valence-electron chi connectivity index (χ1n) is 6.70. The molecule has 1 aromatic carbocycles. The summed E-state index contributed by atoms with van der Waals surface area (Å²) in [5.74, 6) is 0.238. The van der Waals surface area contributed by atoms with E-state index >= 15 is 0 Å². The molecule has 0 radical (unpaired) electrons. The van der Waals surface area contributed by atoms with Gasteiger partial charge in [-0.05, 0) is 17.0 Å². The molecule has 6 heteroatoms. The minimum absolute atomic E-state index is 0.0689. The van der Waals surface area contributed by atoms with E-state index in [1.807, 2.05) is 20.8 Å². The van der Waals surface area contributed by atoms with Crippen LogP contribution in [0, 0.1) is 11.2 Å². The van der Waals surface area contributed by atoms with Gasteiger partial charge in [0.2, 0.25) is 5.89 Å². The summed E-state index contributed by atoms with van der Waals surface area (Å²) < 4.78 is 18.9. The maximum atomic E-state index is 13.8. The third-order valence-electron chi connectivity index (χ3n) is 3.26. The highest BCUT2D eigenvalue weighted by atomic mass is 35.5. The van der Waals surface area contributed by atoms with E-state index in [2.05, 4.69) is 10.1 Å². The van der Waals surface area contributed by atoms with Crippen LogP contribution in [0.4, 0.5) is 4.39 Å². The Morgan fingerprint density at radius 3 is 2.76 bits per heavy atom. The van der Waals surface area contributed by atoms with Gasteiger partial charge in [-0.1, -0.05) is 49.7 Å². The SMILES string of the molecule is CC(C)(C)C(O)Cc1nc(Cc2cccc(Cl)c2F)no1. The van der Waals surface area contributed by atoms with Crippen molar-refractivity contribution in [1.82, 2.24) is 10.1 Å². The summed E-state index contributed by atoms with van der Waals surface area (Å²) in [7, 11) is 0. The van der Waals surface area contributed by atoms with Gasteiger partial charge in [0.1, 0.15) is 5.82 Å². The Morgan fingerprint density at radius 2 is 2.10 bits per heavy atom. The maximum Gasteiger partial charge on any atom is 0.229 e. The second-order valence-electron chi connectivity index (χ2n) is 6.08. The van der Waals surface area contributed by atoms with Gasteiger partial charge in [0.05, 0.1) is 17.5 Å². The molecule has 0 amide bonds. The van der Waals surface area contributed by atoms with Crippen molar-refractivity contribution >= 4 is 11.6 Å². The van der Waals surface area contributed by atoms with Crippen LogP contribution in [-0.4, -0.2) is 21.4 Å². The highest BCUT2D eigenvalue weighted by molar-refractivity contribution is 6.30. The van der Waals surface area contributed by atoms with Gasteiger partial charge >= 0.3 is 0 Å². The van der Waals surface area contributed by atoms with Crippen molar-refractivity contribution in [1.29, 1.82) is 0 Å². The largest absolute Gasteiger partial charge is 0.392 e. The van der Waals surface area contributed by atoms with Crippen molar-refractivity contribution in [2.45, 2.75) is 39.7 Å². The van der Waals surface area contributed by atoms with Gasteiger partial charge in [0.15, 0.2) is 5.82 Å². The molecular formula is C15H18ClFN2O2. The summed E-state index contributed by atoms with van der Waals surface area (Å²) in [6, 6.07) is 4.79. The average molecular weight is 313 g/mol. The van der Waals surface area contributed by atoms with Crippen LogP contribution in [0.1, 0.15) is 38.0 Å². The third-order valence-corrected chi connectivity index (χ3v) is 3.55. The second kappa shape index (κ2) is 6.12.